The van der Waals surface area contributed by atoms with Gasteiger partial charge in [0.05, 0.1) is 25.4 Å². The summed E-state index contributed by atoms with van der Waals surface area (Å²) in [6.45, 7) is 2.56. The van der Waals surface area contributed by atoms with Gasteiger partial charge in [0, 0.05) is 37.4 Å². The molecule has 2 fully saturated rings. The van der Waals surface area contributed by atoms with Crippen LogP contribution >= 0.6 is 0 Å². The topological polar surface area (TPSA) is 124 Å². The van der Waals surface area contributed by atoms with Gasteiger partial charge in [0.25, 0.3) is 0 Å². The highest BCUT2D eigenvalue weighted by molar-refractivity contribution is 5.94. The molecule has 3 aromatic rings. The number of likely N-dealkylation sites (tertiary alicyclic amines) is 1. The van der Waals surface area contributed by atoms with Gasteiger partial charge in [-0.1, -0.05) is 53.7 Å². The number of nitrogens with zero attached hydrogens (tertiary/aromatic N) is 6. The van der Waals surface area contributed by atoms with E-state index in [1.54, 1.807) is 9.58 Å². The Hall–Kier alpha value is -4.59. The normalized spacial score (nSPS) is 25.2. The Labute approximate surface area is 236 Å². The average molecular weight is 556 g/mol. The number of hydrogen-bond donors (Lipinski definition) is 1. The van der Waals surface area contributed by atoms with Crippen LogP contribution in [-0.2, 0) is 34.0 Å². The summed E-state index contributed by atoms with van der Waals surface area (Å²) < 4.78 is 16.3. The SMILES string of the molecule is CC1(F)C[C@@H](C#N)N(C(=O)[C@@H]2C[C@@H](CC(=O)N3Cc4cccc(Cn5cc(-c6ccccc6)nn5)c4C3)C(=O)N2)C1. The zero-order valence-corrected chi connectivity index (χ0v) is 22.7. The van der Waals surface area contributed by atoms with Crippen LogP contribution in [0.15, 0.2) is 54.7 Å². The zero-order chi connectivity index (χ0) is 28.7. The van der Waals surface area contributed by atoms with Gasteiger partial charge in [-0.15, -0.1) is 5.10 Å². The van der Waals surface area contributed by atoms with Crippen molar-refractivity contribution in [2.75, 3.05) is 6.54 Å². The van der Waals surface area contributed by atoms with Gasteiger partial charge in [-0.3, -0.25) is 14.4 Å². The van der Waals surface area contributed by atoms with E-state index in [1.165, 1.54) is 11.8 Å². The van der Waals surface area contributed by atoms with E-state index in [1.807, 2.05) is 60.8 Å². The van der Waals surface area contributed by atoms with E-state index in [2.05, 4.69) is 15.6 Å². The Balaban J connectivity index is 1.08. The van der Waals surface area contributed by atoms with Crippen molar-refractivity contribution in [1.29, 1.82) is 5.26 Å². The van der Waals surface area contributed by atoms with Crippen LogP contribution < -0.4 is 5.32 Å². The van der Waals surface area contributed by atoms with E-state index in [0.717, 1.165) is 27.9 Å². The molecule has 10 nitrogen and oxygen atoms in total. The highest BCUT2D eigenvalue weighted by Gasteiger charge is 2.47. The van der Waals surface area contributed by atoms with Gasteiger partial charge < -0.3 is 15.1 Å². The molecule has 4 heterocycles. The summed E-state index contributed by atoms with van der Waals surface area (Å²) in [5, 5.41) is 20.6. The van der Waals surface area contributed by atoms with Gasteiger partial charge in [0.15, 0.2) is 0 Å². The number of alkyl halides is 1. The van der Waals surface area contributed by atoms with Crippen molar-refractivity contribution in [2.24, 2.45) is 5.92 Å². The number of fused-ring (bicyclic) bond motifs is 1. The summed E-state index contributed by atoms with van der Waals surface area (Å²) in [7, 11) is 0. The van der Waals surface area contributed by atoms with E-state index >= 15 is 0 Å². The van der Waals surface area contributed by atoms with Crippen molar-refractivity contribution in [3.63, 3.8) is 0 Å². The molecule has 0 radical (unpaired) electrons. The molecule has 2 aromatic carbocycles. The lowest BCUT2D eigenvalue weighted by Gasteiger charge is -2.23. The summed E-state index contributed by atoms with van der Waals surface area (Å²) >= 11 is 0. The minimum atomic E-state index is -1.64. The molecule has 1 aromatic heterocycles. The molecule has 210 valence electrons. The molecule has 1 N–H and O–H groups in total. The van der Waals surface area contributed by atoms with E-state index in [-0.39, 0.29) is 37.6 Å². The molecule has 0 saturated carbocycles. The minimum absolute atomic E-state index is 0.0229. The fraction of sp³-hybridized carbons (Fsp3) is 0.400. The number of hydrogen-bond acceptors (Lipinski definition) is 6. The molecule has 3 aliphatic heterocycles. The molecule has 3 amide bonds. The first-order chi connectivity index (χ1) is 19.7. The number of carbonyl (C=O) groups is 3. The lowest BCUT2D eigenvalue weighted by atomic mass is 9.99. The zero-order valence-electron chi connectivity index (χ0n) is 22.7. The van der Waals surface area contributed by atoms with E-state index in [4.69, 9.17) is 0 Å². The minimum Gasteiger partial charge on any atom is -0.344 e. The lowest BCUT2D eigenvalue weighted by molar-refractivity contribution is -0.135. The van der Waals surface area contributed by atoms with Crippen LogP contribution in [0.2, 0.25) is 0 Å². The van der Waals surface area contributed by atoms with Gasteiger partial charge >= 0.3 is 0 Å². The Morgan fingerprint density at radius 1 is 1.17 bits per heavy atom. The number of aromatic nitrogens is 3. The number of amides is 3. The molecule has 4 atom stereocenters. The summed E-state index contributed by atoms with van der Waals surface area (Å²) in [4.78, 5) is 42.0. The molecule has 41 heavy (non-hydrogen) atoms. The lowest BCUT2D eigenvalue weighted by Crippen LogP contribution is -2.46. The summed E-state index contributed by atoms with van der Waals surface area (Å²) in [5.41, 5.74) is 3.29. The van der Waals surface area contributed by atoms with E-state index in [9.17, 15) is 24.0 Å². The Morgan fingerprint density at radius 2 is 1.98 bits per heavy atom. The van der Waals surface area contributed by atoms with Gasteiger partial charge in [-0.05, 0) is 30.0 Å². The molecule has 0 spiro atoms. The molecular weight excluding hydrogens is 525 g/mol. The van der Waals surface area contributed by atoms with Gasteiger partial charge in [0.1, 0.15) is 23.4 Å². The number of halogens is 1. The fourth-order valence-corrected chi connectivity index (χ4v) is 6.12. The van der Waals surface area contributed by atoms with Crippen molar-refractivity contribution in [3.05, 3.63) is 71.4 Å². The first-order valence-corrected chi connectivity index (χ1v) is 13.7. The van der Waals surface area contributed by atoms with Crippen LogP contribution in [0.5, 0.6) is 0 Å². The van der Waals surface area contributed by atoms with Crippen LogP contribution in [0.3, 0.4) is 0 Å². The smallest absolute Gasteiger partial charge is 0.246 e. The molecule has 0 aliphatic carbocycles. The quantitative estimate of drug-likeness (QED) is 0.499. The molecule has 0 bridgehead atoms. The predicted molar refractivity (Wildman–Crippen MR) is 145 cm³/mol. The number of carbonyl (C=O) groups excluding carboxylic acids is 3. The highest BCUT2D eigenvalue weighted by Crippen LogP contribution is 2.33. The molecule has 3 aliphatic rings. The third kappa shape index (κ3) is 5.29. The standard InChI is InChI=1S/C30H30FN7O3/c1-30(31)12-23(13-32)38(18-30)29(41)25-10-22(28(40)33-25)11-27(39)36-14-20-8-5-9-21(24(20)16-36)15-37-17-26(34-35-37)19-6-3-2-4-7-19/h2-9,17,22-23,25H,10-12,14-16,18H2,1H3,(H,33,40)/t22-,23-,25-,30?/m0/s1. The Bertz CT molecular complexity index is 1550. The molecule has 11 heteroatoms. The van der Waals surface area contributed by atoms with Gasteiger partial charge in [-0.25, -0.2) is 9.07 Å². The van der Waals surface area contributed by atoms with Crippen molar-refractivity contribution in [2.45, 2.75) is 63.6 Å². The van der Waals surface area contributed by atoms with Crippen LogP contribution in [0, 0.1) is 17.2 Å². The second-order valence-corrected chi connectivity index (χ2v) is 11.4. The van der Waals surface area contributed by atoms with E-state index in [0.29, 0.717) is 19.6 Å². The van der Waals surface area contributed by atoms with Crippen LogP contribution in [0.1, 0.15) is 42.9 Å². The highest BCUT2D eigenvalue weighted by atomic mass is 19.1. The maximum atomic E-state index is 14.5. The molecule has 6 rings (SSSR count). The largest absolute Gasteiger partial charge is 0.344 e. The average Bonchev–Trinajstić information content (AvgIpc) is 3.74. The third-order valence-corrected chi connectivity index (χ3v) is 8.23. The molecule has 2 saturated heterocycles. The maximum absolute atomic E-state index is 14.5. The van der Waals surface area contributed by atoms with Crippen LogP contribution in [-0.4, -0.2) is 66.8 Å². The number of nitrogens with one attached hydrogen (secondary N) is 1. The summed E-state index contributed by atoms with van der Waals surface area (Å²) in [6.07, 6.45) is 1.96. The predicted octanol–water partition coefficient (Wildman–Crippen LogP) is 2.58. The summed E-state index contributed by atoms with van der Waals surface area (Å²) in [5.74, 6) is -1.67. The van der Waals surface area contributed by atoms with Gasteiger partial charge in [-0.2, -0.15) is 5.26 Å². The van der Waals surface area contributed by atoms with E-state index < -0.39 is 29.6 Å². The first-order valence-electron chi connectivity index (χ1n) is 13.7. The Morgan fingerprint density at radius 3 is 2.76 bits per heavy atom. The van der Waals surface area contributed by atoms with Crippen LogP contribution in [0.25, 0.3) is 11.3 Å². The number of rotatable bonds is 6. The second-order valence-electron chi connectivity index (χ2n) is 11.4. The van der Waals surface area contributed by atoms with Gasteiger partial charge in [0.2, 0.25) is 17.7 Å². The second kappa shape index (κ2) is 10.4. The van der Waals surface area contributed by atoms with Crippen molar-refractivity contribution < 1.29 is 18.8 Å². The van der Waals surface area contributed by atoms with Crippen LogP contribution in [0.4, 0.5) is 4.39 Å². The first kappa shape index (κ1) is 26.6. The third-order valence-electron chi connectivity index (χ3n) is 8.23. The Kier molecular flexibility index (Phi) is 6.77. The number of nitriles is 1. The monoisotopic (exact) mass is 555 g/mol. The van der Waals surface area contributed by atoms with Crippen molar-refractivity contribution in [3.8, 4) is 17.3 Å². The maximum Gasteiger partial charge on any atom is 0.246 e. The molecule has 1 unspecified atom stereocenters. The summed E-state index contributed by atoms with van der Waals surface area (Å²) in [6, 6.07) is 16.1. The number of benzene rings is 2. The van der Waals surface area contributed by atoms with Crippen molar-refractivity contribution >= 4 is 17.7 Å². The molecular formula is C30H30FN7O3. The van der Waals surface area contributed by atoms with Crippen molar-refractivity contribution in [1.82, 2.24) is 30.1 Å². The fourth-order valence-electron chi connectivity index (χ4n) is 6.12.